The zero-order valence-electron chi connectivity index (χ0n) is 14.5. The summed E-state index contributed by atoms with van der Waals surface area (Å²) < 4.78 is 30.9. The molecule has 1 atom stereocenters. The third kappa shape index (κ3) is 2.94. The van der Waals surface area contributed by atoms with Gasteiger partial charge in [0.05, 0.1) is 6.04 Å². The number of fused-ring (bicyclic) bond motifs is 3. The molecule has 138 valence electrons. The van der Waals surface area contributed by atoms with Crippen LogP contribution in [0, 0.1) is 5.92 Å². The average molecular weight is 381 g/mol. The van der Waals surface area contributed by atoms with Gasteiger partial charge in [0.1, 0.15) is 0 Å². The monoisotopic (exact) mass is 380 g/mol. The van der Waals surface area contributed by atoms with Crippen LogP contribution in [0.3, 0.4) is 0 Å². The van der Waals surface area contributed by atoms with E-state index in [0.717, 1.165) is 29.4 Å². The van der Waals surface area contributed by atoms with Crippen molar-refractivity contribution in [1.82, 2.24) is 15.2 Å². The van der Waals surface area contributed by atoms with Crippen LogP contribution >= 0.6 is 11.6 Å². The summed E-state index contributed by atoms with van der Waals surface area (Å²) in [6, 6.07) is 5.89. The summed E-state index contributed by atoms with van der Waals surface area (Å²) >= 11 is 6.17. The maximum absolute atomic E-state index is 12.8. The lowest BCUT2D eigenvalue weighted by Gasteiger charge is -2.35. The minimum atomic E-state index is -2.77. The Bertz CT molecular complexity index is 937. The summed E-state index contributed by atoms with van der Waals surface area (Å²) in [6.45, 7) is 4.88. The van der Waals surface area contributed by atoms with Gasteiger partial charge in [-0.2, -0.15) is 8.78 Å². The fourth-order valence-electron chi connectivity index (χ4n) is 3.69. The Morgan fingerprint density at radius 3 is 2.85 bits per heavy atom. The van der Waals surface area contributed by atoms with Gasteiger partial charge in [0.25, 0.3) is 5.89 Å². The second-order valence-corrected chi connectivity index (χ2v) is 7.46. The quantitative estimate of drug-likeness (QED) is 0.668. The standard InChI is InChI=1S/C18H19ClF2N4O/c1-9(2)7-14-15-11(12-8-10(19)3-4-13(12)22-15)5-6-25(14)18-24-23-17(26-18)16(20)21/h3-4,8-9,14,16,22H,5-7H2,1-2H3/t14-/m0/s1. The Kier molecular flexibility index (Phi) is 4.34. The van der Waals surface area contributed by atoms with Gasteiger partial charge < -0.3 is 14.3 Å². The molecule has 3 aromatic rings. The van der Waals surface area contributed by atoms with Gasteiger partial charge in [0.2, 0.25) is 0 Å². The highest BCUT2D eigenvalue weighted by atomic mass is 35.5. The van der Waals surface area contributed by atoms with Crippen LogP contribution in [0.2, 0.25) is 5.02 Å². The van der Waals surface area contributed by atoms with E-state index in [-0.39, 0.29) is 12.1 Å². The first kappa shape index (κ1) is 17.3. The predicted molar refractivity (Wildman–Crippen MR) is 95.8 cm³/mol. The van der Waals surface area contributed by atoms with Gasteiger partial charge in [0.15, 0.2) is 0 Å². The summed E-state index contributed by atoms with van der Waals surface area (Å²) in [5, 5.41) is 9.14. The molecule has 1 aromatic carbocycles. The molecule has 1 aliphatic heterocycles. The molecule has 1 N–H and O–H groups in total. The van der Waals surface area contributed by atoms with Crippen molar-refractivity contribution in [2.75, 3.05) is 11.4 Å². The maximum atomic E-state index is 12.8. The molecule has 0 amide bonds. The maximum Gasteiger partial charge on any atom is 0.318 e. The van der Waals surface area contributed by atoms with Crippen molar-refractivity contribution < 1.29 is 13.2 Å². The topological polar surface area (TPSA) is 58.0 Å². The molecule has 4 rings (SSSR count). The molecule has 0 fully saturated rings. The van der Waals surface area contributed by atoms with Crippen molar-refractivity contribution >= 4 is 28.5 Å². The van der Waals surface area contributed by atoms with Crippen LogP contribution in [0.15, 0.2) is 22.6 Å². The first-order chi connectivity index (χ1) is 12.4. The number of halogens is 3. The number of aromatic amines is 1. The molecule has 0 bridgehead atoms. The van der Waals surface area contributed by atoms with Crippen LogP contribution in [0.1, 0.15) is 49.9 Å². The van der Waals surface area contributed by atoms with E-state index >= 15 is 0 Å². The third-order valence-electron chi connectivity index (χ3n) is 4.77. The van der Waals surface area contributed by atoms with E-state index in [4.69, 9.17) is 16.0 Å². The number of alkyl halides is 2. The largest absolute Gasteiger partial charge is 0.402 e. The van der Waals surface area contributed by atoms with E-state index in [9.17, 15) is 8.78 Å². The lowest BCUT2D eigenvalue weighted by Crippen LogP contribution is -2.36. The van der Waals surface area contributed by atoms with Crippen LogP contribution in [-0.2, 0) is 6.42 Å². The van der Waals surface area contributed by atoms with Gasteiger partial charge in [-0.05, 0) is 42.5 Å². The molecule has 26 heavy (non-hydrogen) atoms. The molecule has 0 radical (unpaired) electrons. The normalized spacial score (nSPS) is 17.5. The van der Waals surface area contributed by atoms with E-state index in [2.05, 4.69) is 29.0 Å². The smallest absolute Gasteiger partial charge is 0.318 e. The van der Waals surface area contributed by atoms with Crippen LogP contribution in [0.5, 0.6) is 0 Å². The molecule has 2 aromatic heterocycles. The van der Waals surface area contributed by atoms with E-state index in [1.165, 1.54) is 5.56 Å². The van der Waals surface area contributed by atoms with Crippen molar-refractivity contribution in [3.05, 3.63) is 40.4 Å². The van der Waals surface area contributed by atoms with Gasteiger partial charge >= 0.3 is 12.4 Å². The number of benzene rings is 1. The van der Waals surface area contributed by atoms with Crippen molar-refractivity contribution in [3.63, 3.8) is 0 Å². The summed E-state index contributed by atoms with van der Waals surface area (Å²) in [5.74, 6) is -0.238. The van der Waals surface area contributed by atoms with Crippen LogP contribution in [0.4, 0.5) is 14.8 Å². The number of hydrogen-bond donors (Lipinski definition) is 1. The number of aromatic nitrogens is 3. The number of nitrogens with one attached hydrogen (secondary N) is 1. The molecule has 1 aliphatic rings. The molecule has 0 saturated heterocycles. The van der Waals surface area contributed by atoms with Crippen molar-refractivity contribution in [2.45, 2.75) is 39.2 Å². The zero-order chi connectivity index (χ0) is 18.4. The van der Waals surface area contributed by atoms with E-state index in [1.54, 1.807) is 0 Å². The number of nitrogens with zero attached hydrogens (tertiary/aromatic N) is 3. The molecule has 0 saturated carbocycles. The third-order valence-corrected chi connectivity index (χ3v) is 5.01. The van der Waals surface area contributed by atoms with Crippen LogP contribution in [-0.4, -0.2) is 21.7 Å². The Hall–Kier alpha value is -2.15. The summed E-state index contributed by atoms with van der Waals surface area (Å²) in [6.07, 6.45) is -1.19. The van der Waals surface area contributed by atoms with E-state index < -0.39 is 12.3 Å². The highest BCUT2D eigenvalue weighted by molar-refractivity contribution is 6.31. The summed E-state index contributed by atoms with van der Waals surface area (Å²) in [4.78, 5) is 5.42. The fourth-order valence-corrected chi connectivity index (χ4v) is 3.86. The summed E-state index contributed by atoms with van der Waals surface area (Å²) in [7, 11) is 0. The second kappa shape index (κ2) is 6.54. The Morgan fingerprint density at radius 2 is 2.15 bits per heavy atom. The molecule has 0 aliphatic carbocycles. The first-order valence-electron chi connectivity index (χ1n) is 8.62. The molecular weight excluding hydrogens is 362 g/mol. The Balaban J connectivity index is 1.78. The Morgan fingerprint density at radius 1 is 1.35 bits per heavy atom. The molecule has 0 unspecified atom stereocenters. The zero-order valence-corrected chi connectivity index (χ0v) is 15.2. The van der Waals surface area contributed by atoms with Gasteiger partial charge in [0, 0.05) is 28.2 Å². The van der Waals surface area contributed by atoms with Gasteiger partial charge in [-0.1, -0.05) is 30.5 Å². The number of rotatable bonds is 4. The Labute approximate surface area is 154 Å². The van der Waals surface area contributed by atoms with E-state index in [0.29, 0.717) is 17.5 Å². The highest BCUT2D eigenvalue weighted by Crippen LogP contribution is 2.40. The van der Waals surface area contributed by atoms with Crippen molar-refractivity contribution in [3.8, 4) is 0 Å². The van der Waals surface area contributed by atoms with E-state index in [1.807, 2.05) is 23.1 Å². The number of hydrogen-bond acceptors (Lipinski definition) is 4. The lowest BCUT2D eigenvalue weighted by atomic mass is 9.92. The van der Waals surface area contributed by atoms with Crippen molar-refractivity contribution in [2.24, 2.45) is 5.92 Å². The SMILES string of the molecule is CC(C)C[C@H]1c2[nH]c3ccc(Cl)cc3c2CCN1c1nnc(C(F)F)o1. The second-order valence-electron chi connectivity index (χ2n) is 7.02. The first-order valence-corrected chi connectivity index (χ1v) is 9.00. The molecular formula is C18H19ClF2N4O. The predicted octanol–water partition coefficient (Wildman–Crippen LogP) is 5.29. The number of anilines is 1. The minimum absolute atomic E-state index is 0.0455. The van der Waals surface area contributed by atoms with Crippen LogP contribution < -0.4 is 4.90 Å². The summed E-state index contributed by atoms with van der Waals surface area (Å²) in [5.41, 5.74) is 3.31. The molecule has 8 heteroatoms. The van der Waals surface area contributed by atoms with Gasteiger partial charge in [-0.15, -0.1) is 5.10 Å². The van der Waals surface area contributed by atoms with Gasteiger partial charge in [-0.25, -0.2) is 0 Å². The van der Waals surface area contributed by atoms with Crippen LogP contribution in [0.25, 0.3) is 10.9 Å². The number of H-pyrrole nitrogens is 1. The molecule has 0 spiro atoms. The highest BCUT2D eigenvalue weighted by Gasteiger charge is 2.34. The van der Waals surface area contributed by atoms with Crippen molar-refractivity contribution in [1.29, 1.82) is 0 Å². The fraction of sp³-hybridized carbons (Fsp3) is 0.444. The minimum Gasteiger partial charge on any atom is -0.402 e. The average Bonchev–Trinajstić information content (AvgIpc) is 3.19. The lowest BCUT2D eigenvalue weighted by molar-refractivity contribution is 0.115. The molecule has 3 heterocycles. The van der Waals surface area contributed by atoms with Gasteiger partial charge in [-0.3, -0.25) is 0 Å². The molecule has 5 nitrogen and oxygen atoms in total.